The number of carbonyl (C=O) groups excluding carboxylic acids is 1. The molecule has 5 heteroatoms. The van der Waals surface area contributed by atoms with Crippen LogP contribution in [0.5, 0.6) is 5.75 Å². The molecule has 1 amide bonds. The number of rotatable bonds is 21. The summed E-state index contributed by atoms with van der Waals surface area (Å²) in [5, 5.41) is 21.3. The Morgan fingerprint density at radius 1 is 0.794 bits per heavy atom. The summed E-state index contributed by atoms with van der Waals surface area (Å²) in [6.45, 7) is 2.26. The van der Waals surface area contributed by atoms with Crippen molar-refractivity contribution in [3.8, 4) is 5.75 Å². The third-order valence-electron chi connectivity index (χ3n) is 6.18. The summed E-state index contributed by atoms with van der Waals surface area (Å²) in [7, 11) is 0. The van der Waals surface area contributed by atoms with Gasteiger partial charge in [-0.05, 0) is 49.8 Å². The quantitative estimate of drug-likeness (QED) is 0.129. The van der Waals surface area contributed by atoms with Crippen molar-refractivity contribution in [1.29, 1.82) is 0 Å². The smallest absolute Gasteiger partial charge is 0.326 e. The van der Waals surface area contributed by atoms with Crippen LogP contribution in [-0.2, 0) is 16.0 Å². The molecular formula is C29H47NO4. The molecule has 0 saturated carbocycles. The Morgan fingerprint density at radius 3 is 1.82 bits per heavy atom. The number of hydrogen-bond donors (Lipinski definition) is 3. The predicted molar refractivity (Wildman–Crippen MR) is 140 cm³/mol. The first-order valence-corrected chi connectivity index (χ1v) is 13.5. The molecule has 192 valence electrons. The monoisotopic (exact) mass is 473 g/mol. The molecule has 1 rings (SSSR count). The fourth-order valence-corrected chi connectivity index (χ4v) is 4.04. The van der Waals surface area contributed by atoms with E-state index >= 15 is 0 Å². The van der Waals surface area contributed by atoms with Crippen molar-refractivity contribution < 1.29 is 19.8 Å². The van der Waals surface area contributed by atoms with Crippen LogP contribution in [0.15, 0.2) is 36.4 Å². The highest BCUT2D eigenvalue weighted by Gasteiger charge is 2.20. The number of aliphatic carboxylic acids is 1. The van der Waals surface area contributed by atoms with E-state index in [-0.39, 0.29) is 18.1 Å². The maximum Gasteiger partial charge on any atom is 0.326 e. The molecule has 0 fully saturated rings. The van der Waals surface area contributed by atoms with Crippen LogP contribution in [-0.4, -0.2) is 28.1 Å². The summed E-state index contributed by atoms with van der Waals surface area (Å²) in [5.41, 5.74) is 0.763. The number of carboxylic acid groups (broad SMARTS) is 1. The van der Waals surface area contributed by atoms with E-state index in [0.29, 0.717) is 6.42 Å². The Bertz CT molecular complexity index is 684. The van der Waals surface area contributed by atoms with E-state index in [2.05, 4.69) is 24.4 Å². The highest BCUT2D eigenvalue weighted by atomic mass is 16.4. The molecule has 3 N–H and O–H groups in total. The highest BCUT2D eigenvalue weighted by molar-refractivity contribution is 5.83. The molecule has 1 aromatic rings. The molecule has 0 bridgehead atoms. The van der Waals surface area contributed by atoms with Gasteiger partial charge in [-0.1, -0.05) is 95.4 Å². The summed E-state index contributed by atoms with van der Waals surface area (Å²) in [6.07, 6.45) is 23.7. The number of unbranched alkanes of at least 4 members (excludes halogenated alkanes) is 13. The molecule has 0 saturated heterocycles. The zero-order valence-corrected chi connectivity index (χ0v) is 21.3. The Hall–Kier alpha value is -2.30. The lowest BCUT2D eigenvalue weighted by Gasteiger charge is -2.14. The zero-order valence-electron chi connectivity index (χ0n) is 21.3. The zero-order chi connectivity index (χ0) is 24.9. The molecule has 5 nitrogen and oxygen atoms in total. The van der Waals surface area contributed by atoms with Crippen LogP contribution in [0.4, 0.5) is 0 Å². The van der Waals surface area contributed by atoms with Gasteiger partial charge in [0, 0.05) is 12.8 Å². The molecule has 0 radical (unpaired) electrons. The Balaban J connectivity index is 1.98. The van der Waals surface area contributed by atoms with Crippen LogP contribution in [0, 0.1) is 0 Å². The molecule has 1 atom stereocenters. The number of nitrogens with one attached hydrogen (secondary N) is 1. The van der Waals surface area contributed by atoms with Crippen LogP contribution in [0.2, 0.25) is 0 Å². The van der Waals surface area contributed by atoms with Gasteiger partial charge < -0.3 is 15.5 Å². The first-order valence-electron chi connectivity index (χ1n) is 13.5. The Labute approximate surface area is 207 Å². The minimum atomic E-state index is -1.04. The van der Waals surface area contributed by atoms with E-state index in [1.807, 2.05) is 0 Å². The van der Waals surface area contributed by atoms with Crippen molar-refractivity contribution in [3.05, 3.63) is 42.0 Å². The van der Waals surface area contributed by atoms with Gasteiger partial charge in [-0.3, -0.25) is 4.79 Å². The van der Waals surface area contributed by atoms with Gasteiger partial charge in [0.1, 0.15) is 11.8 Å². The summed E-state index contributed by atoms with van der Waals surface area (Å²) in [5.74, 6) is -1.12. The number of hydrogen-bond acceptors (Lipinski definition) is 3. The number of phenols is 1. The van der Waals surface area contributed by atoms with Crippen LogP contribution < -0.4 is 5.32 Å². The minimum absolute atomic E-state index is 0.135. The number of carbonyl (C=O) groups is 2. The number of aromatic hydroxyl groups is 1. The normalized spacial score (nSPS) is 12.1. The van der Waals surface area contributed by atoms with Crippen LogP contribution in [0.25, 0.3) is 0 Å². The topological polar surface area (TPSA) is 86.6 Å². The second-order valence-electron chi connectivity index (χ2n) is 9.37. The predicted octanol–water partition coefficient (Wildman–Crippen LogP) is 7.32. The number of allylic oxidation sites excluding steroid dienone is 2. The van der Waals surface area contributed by atoms with Crippen LogP contribution in [0.1, 0.15) is 115 Å². The highest BCUT2D eigenvalue weighted by Crippen LogP contribution is 2.13. The van der Waals surface area contributed by atoms with E-state index in [4.69, 9.17) is 0 Å². The van der Waals surface area contributed by atoms with Gasteiger partial charge in [0.05, 0.1) is 0 Å². The van der Waals surface area contributed by atoms with Crippen molar-refractivity contribution in [2.45, 2.75) is 122 Å². The van der Waals surface area contributed by atoms with Crippen molar-refractivity contribution in [1.82, 2.24) is 5.32 Å². The molecule has 1 aromatic carbocycles. The molecule has 0 aliphatic heterocycles. The van der Waals surface area contributed by atoms with Gasteiger partial charge in [0.25, 0.3) is 0 Å². The van der Waals surface area contributed by atoms with Gasteiger partial charge in [0.2, 0.25) is 5.91 Å². The molecule has 0 unspecified atom stereocenters. The van der Waals surface area contributed by atoms with E-state index in [9.17, 15) is 19.8 Å². The number of carboxylic acids is 1. The van der Waals surface area contributed by atoms with Crippen LogP contribution in [0.3, 0.4) is 0 Å². The largest absolute Gasteiger partial charge is 0.508 e. The van der Waals surface area contributed by atoms with Crippen molar-refractivity contribution in [3.63, 3.8) is 0 Å². The average Bonchev–Trinajstić information content (AvgIpc) is 2.82. The maximum atomic E-state index is 12.1. The summed E-state index contributed by atoms with van der Waals surface area (Å²) in [4.78, 5) is 23.6. The Kier molecular flexibility index (Phi) is 17.6. The summed E-state index contributed by atoms with van der Waals surface area (Å²) >= 11 is 0. The van der Waals surface area contributed by atoms with Gasteiger partial charge in [-0.15, -0.1) is 0 Å². The second-order valence-corrected chi connectivity index (χ2v) is 9.37. The van der Waals surface area contributed by atoms with E-state index in [0.717, 1.165) is 24.8 Å². The van der Waals surface area contributed by atoms with Gasteiger partial charge >= 0.3 is 5.97 Å². The molecule has 0 aliphatic carbocycles. The van der Waals surface area contributed by atoms with Gasteiger partial charge in [-0.25, -0.2) is 4.79 Å². The molecular weight excluding hydrogens is 426 g/mol. The molecule has 0 aromatic heterocycles. The third kappa shape index (κ3) is 16.3. The Morgan fingerprint density at radius 2 is 1.29 bits per heavy atom. The molecule has 34 heavy (non-hydrogen) atoms. The minimum Gasteiger partial charge on any atom is -0.508 e. The lowest BCUT2D eigenvalue weighted by Crippen LogP contribution is -2.42. The number of phenolic OH excluding ortho intramolecular Hbond substituents is 1. The lowest BCUT2D eigenvalue weighted by atomic mass is 10.0. The van der Waals surface area contributed by atoms with E-state index < -0.39 is 12.0 Å². The summed E-state index contributed by atoms with van der Waals surface area (Å²) in [6, 6.07) is 5.43. The average molecular weight is 474 g/mol. The maximum absolute atomic E-state index is 12.1. The van der Waals surface area contributed by atoms with Crippen molar-refractivity contribution >= 4 is 11.9 Å². The first-order chi connectivity index (χ1) is 16.5. The fourth-order valence-electron chi connectivity index (χ4n) is 4.04. The van der Waals surface area contributed by atoms with Crippen molar-refractivity contribution in [2.24, 2.45) is 0 Å². The molecule has 0 spiro atoms. The SMILES string of the molecule is CCCCCCCCC=CCCCCCCCCCC(=O)N[C@@H](Cc1ccc(O)cc1)C(=O)O. The second kappa shape index (κ2) is 20.1. The van der Waals surface area contributed by atoms with Gasteiger partial charge in [-0.2, -0.15) is 0 Å². The van der Waals surface area contributed by atoms with Gasteiger partial charge in [0.15, 0.2) is 0 Å². The third-order valence-corrected chi connectivity index (χ3v) is 6.18. The lowest BCUT2D eigenvalue weighted by molar-refractivity contribution is -0.141. The van der Waals surface area contributed by atoms with E-state index in [1.54, 1.807) is 12.1 Å². The standard InChI is InChI=1S/C29H47NO4/c1-2-3-4-5-6-7-8-9-10-11-12-13-14-15-16-17-18-19-28(32)30-27(29(33)34)24-25-20-22-26(31)23-21-25/h9-10,20-23,27,31H,2-8,11-19,24H2,1H3,(H,30,32)(H,33,34)/t27-/m0/s1. The number of benzene rings is 1. The molecule has 0 aliphatic rings. The fraction of sp³-hybridized carbons (Fsp3) is 0.655. The molecule has 0 heterocycles. The van der Waals surface area contributed by atoms with Crippen LogP contribution >= 0.6 is 0 Å². The van der Waals surface area contributed by atoms with Crippen molar-refractivity contribution in [2.75, 3.05) is 0 Å². The number of amides is 1. The first kappa shape index (κ1) is 29.7. The summed E-state index contributed by atoms with van der Waals surface area (Å²) < 4.78 is 0. The van der Waals surface area contributed by atoms with E-state index in [1.165, 1.54) is 89.2 Å².